The SMILES string of the molecule is COc1cc(C(=O)O)ccc1N[N+](O)(O)c1csc(-c2ccc(C3CCCCC3)cc2)n1. The molecule has 0 spiro atoms. The molecule has 1 aliphatic carbocycles. The van der Waals surface area contributed by atoms with Crippen molar-refractivity contribution < 1.29 is 25.1 Å². The van der Waals surface area contributed by atoms with Gasteiger partial charge in [-0.25, -0.2) is 4.79 Å². The maximum Gasteiger partial charge on any atom is 0.335 e. The maximum atomic E-state index is 11.1. The zero-order valence-electron chi connectivity index (χ0n) is 17.7. The summed E-state index contributed by atoms with van der Waals surface area (Å²) in [5.41, 5.74) is 4.99. The largest absolute Gasteiger partial charge is 0.494 e. The van der Waals surface area contributed by atoms with E-state index < -0.39 is 10.9 Å². The van der Waals surface area contributed by atoms with Crippen LogP contribution >= 0.6 is 11.3 Å². The zero-order valence-corrected chi connectivity index (χ0v) is 18.5. The predicted molar refractivity (Wildman–Crippen MR) is 122 cm³/mol. The molecule has 0 saturated heterocycles. The number of carbonyl (C=O) groups is 1. The average Bonchev–Trinajstić information content (AvgIpc) is 3.31. The number of rotatable bonds is 7. The molecule has 168 valence electrons. The van der Waals surface area contributed by atoms with Crippen molar-refractivity contribution in [2.24, 2.45) is 0 Å². The number of quaternary nitrogens is 1. The summed E-state index contributed by atoms with van der Waals surface area (Å²) in [5, 5.41) is 32.5. The van der Waals surface area contributed by atoms with Gasteiger partial charge in [0.05, 0.1) is 18.1 Å². The Morgan fingerprint density at radius 2 is 1.84 bits per heavy atom. The lowest BCUT2D eigenvalue weighted by Gasteiger charge is -2.22. The lowest BCUT2D eigenvalue weighted by Crippen LogP contribution is -2.48. The number of nitrogens with zero attached hydrogens (tertiary/aromatic N) is 2. The van der Waals surface area contributed by atoms with E-state index in [2.05, 4.69) is 22.5 Å². The summed E-state index contributed by atoms with van der Waals surface area (Å²) in [6, 6.07) is 12.4. The summed E-state index contributed by atoms with van der Waals surface area (Å²) in [5.74, 6) is -0.354. The van der Waals surface area contributed by atoms with Crippen molar-refractivity contribution >= 4 is 28.8 Å². The van der Waals surface area contributed by atoms with Crippen LogP contribution in [0.2, 0.25) is 0 Å². The second-order valence-corrected chi connectivity index (χ2v) is 8.76. The van der Waals surface area contributed by atoms with E-state index in [9.17, 15) is 15.2 Å². The van der Waals surface area contributed by atoms with Crippen LogP contribution in [-0.2, 0) is 0 Å². The van der Waals surface area contributed by atoms with Crippen LogP contribution in [0.4, 0.5) is 11.5 Å². The van der Waals surface area contributed by atoms with Gasteiger partial charge in [0.15, 0.2) is 0 Å². The van der Waals surface area contributed by atoms with Crippen molar-refractivity contribution in [1.82, 2.24) is 9.90 Å². The van der Waals surface area contributed by atoms with Crippen LogP contribution in [-0.4, -0.2) is 33.6 Å². The fourth-order valence-corrected chi connectivity index (χ4v) is 4.85. The van der Waals surface area contributed by atoms with Crippen molar-refractivity contribution in [3.05, 3.63) is 59.0 Å². The number of carboxylic acids is 1. The van der Waals surface area contributed by atoms with Gasteiger partial charge < -0.3 is 9.84 Å². The lowest BCUT2D eigenvalue weighted by atomic mass is 9.84. The molecular formula is C23H26N3O5S+. The molecule has 1 heterocycles. The van der Waals surface area contributed by atoms with Gasteiger partial charge in [-0.3, -0.25) is 0 Å². The molecular weight excluding hydrogens is 430 g/mol. The van der Waals surface area contributed by atoms with Crippen LogP contribution in [0, 0.1) is 0 Å². The Kier molecular flexibility index (Phi) is 6.43. The number of methoxy groups -OCH3 is 1. The van der Waals surface area contributed by atoms with E-state index in [-0.39, 0.29) is 22.8 Å². The highest BCUT2D eigenvalue weighted by Gasteiger charge is 2.33. The number of ether oxygens (including phenoxy) is 1. The molecule has 0 aliphatic heterocycles. The first-order valence-electron chi connectivity index (χ1n) is 10.5. The number of benzene rings is 2. The van der Waals surface area contributed by atoms with Crippen molar-refractivity contribution in [2.45, 2.75) is 38.0 Å². The molecule has 0 bridgehead atoms. The molecule has 4 rings (SSSR count). The van der Waals surface area contributed by atoms with Gasteiger partial charge in [-0.05, 0) is 42.5 Å². The highest BCUT2D eigenvalue weighted by atomic mass is 32.1. The second kappa shape index (κ2) is 9.25. The van der Waals surface area contributed by atoms with Crippen LogP contribution in [0.25, 0.3) is 10.6 Å². The van der Waals surface area contributed by atoms with Crippen LogP contribution in [0.5, 0.6) is 5.75 Å². The van der Waals surface area contributed by atoms with E-state index in [1.807, 2.05) is 12.1 Å². The smallest absolute Gasteiger partial charge is 0.335 e. The monoisotopic (exact) mass is 456 g/mol. The molecule has 9 heteroatoms. The summed E-state index contributed by atoms with van der Waals surface area (Å²) in [4.78, 5) is 13.8. The summed E-state index contributed by atoms with van der Waals surface area (Å²) in [7, 11) is 1.37. The second-order valence-electron chi connectivity index (χ2n) is 7.90. The van der Waals surface area contributed by atoms with Gasteiger partial charge in [0.2, 0.25) is 0 Å². The Morgan fingerprint density at radius 3 is 2.50 bits per heavy atom. The van der Waals surface area contributed by atoms with Gasteiger partial charge in [0.1, 0.15) is 21.4 Å². The molecule has 4 N–H and O–H groups in total. The number of thiazole rings is 1. The van der Waals surface area contributed by atoms with Gasteiger partial charge in [-0.2, -0.15) is 10.4 Å². The van der Waals surface area contributed by atoms with Gasteiger partial charge >= 0.3 is 11.8 Å². The van der Waals surface area contributed by atoms with E-state index >= 15 is 0 Å². The van der Waals surface area contributed by atoms with Crippen LogP contribution in [0.1, 0.15) is 53.9 Å². The van der Waals surface area contributed by atoms with Crippen molar-refractivity contribution in [2.75, 3.05) is 12.5 Å². The van der Waals surface area contributed by atoms with Gasteiger partial charge in [-0.15, -0.1) is 21.8 Å². The standard InChI is InChI=1S/C23H25N3O5S/c1-31-20-13-18(23(27)28)11-12-19(20)25-26(29,30)21-14-32-22(24-21)17-9-7-16(8-10-17)15-5-3-2-4-6-15/h7-15,25,29-30H,2-6H2,1H3/p+1. The minimum atomic E-state index is -1.71. The van der Waals surface area contributed by atoms with Gasteiger partial charge in [0.25, 0.3) is 0 Å². The number of aromatic nitrogens is 1. The van der Waals surface area contributed by atoms with Crippen LogP contribution in [0.15, 0.2) is 47.8 Å². The van der Waals surface area contributed by atoms with Crippen molar-refractivity contribution in [3.8, 4) is 16.3 Å². The predicted octanol–water partition coefficient (Wildman–Crippen LogP) is 5.68. The Morgan fingerprint density at radius 1 is 1.12 bits per heavy atom. The fraction of sp³-hybridized carbons (Fsp3) is 0.304. The highest BCUT2D eigenvalue weighted by Crippen LogP contribution is 2.35. The molecule has 0 amide bonds. The number of carboxylic acid groups (broad SMARTS) is 1. The van der Waals surface area contributed by atoms with E-state index in [4.69, 9.17) is 9.84 Å². The van der Waals surface area contributed by atoms with E-state index in [1.165, 1.54) is 74.3 Å². The Labute approximate surface area is 189 Å². The molecule has 0 radical (unpaired) electrons. The molecule has 32 heavy (non-hydrogen) atoms. The topological polar surface area (TPSA) is 112 Å². The molecule has 1 aliphatic rings. The molecule has 0 atom stereocenters. The van der Waals surface area contributed by atoms with Crippen LogP contribution in [0.3, 0.4) is 0 Å². The molecule has 1 fully saturated rings. The lowest BCUT2D eigenvalue weighted by molar-refractivity contribution is -0.274. The zero-order chi connectivity index (χ0) is 22.7. The normalized spacial score (nSPS) is 14.8. The Hall–Kier alpha value is -2.98. The Bertz CT molecular complexity index is 1090. The highest BCUT2D eigenvalue weighted by molar-refractivity contribution is 7.13. The van der Waals surface area contributed by atoms with E-state index in [1.54, 1.807) is 5.38 Å². The number of anilines is 1. The number of hydrogen-bond donors (Lipinski definition) is 4. The molecule has 1 saturated carbocycles. The Balaban J connectivity index is 1.51. The third-order valence-corrected chi connectivity index (χ3v) is 6.65. The van der Waals surface area contributed by atoms with Gasteiger partial charge in [0, 0.05) is 5.56 Å². The van der Waals surface area contributed by atoms with Crippen molar-refractivity contribution in [1.29, 1.82) is 0 Å². The number of nitrogens with one attached hydrogen (secondary N) is 1. The summed E-state index contributed by atoms with van der Waals surface area (Å²) in [6.45, 7) is 0. The third kappa shape index (κ3) is 4.76. The minimum Gasteiger partial charge on any atom is -0.494 e. The fourth-order valence-electron chi connectivity index (χ4n) is 4.02. The first-order valence-corrected chi connectivity index (χ1v) is 11.4. The van der Waals surface area contributed by atoms with Crippen molar-refractivity contribution in [3.63, 3.8) is 0 Å². The molecule has 1 aromatic heterocycles. The first-order chi connectivity index (χ1) is 15.4. The molecule has 0 unspecified atom stereocenters. The number of hydrogen-bond acceptors (Lipinski definition) is 7. The van der Waals surface area contributed by atoms with Gasteiger partial charge in [-0.1, -0.05) is 43.5 Å². The first kappa shape index (κ1) is 22.2. The summed E-state index contributed by atoms with van der Waals surface area (Å²) < 4.78 is 5.18. The maximum absolute atomic E-state index is 11.1. The average molecular weight is 457 g/mol. The van der Waals surface area contributed by atoms with Crippen LogP contribution < -0.4 is 15.1 Å². The quantitative estimate of drug-likeness (QED) is 0.267. The summed E-state index contributed by atoms with van der Waals surface area (Å²) in [6.07, 6.45) is 6.36. The van der Waals surface area contributed by atoms with E-state index in [0.29, 0.717) is 10.9 Å². The molecule has 2 aromatic carbocycles. The third-order valence-electron chi connectivity index (χ3n) is 5.77. The molecule has 8 nitrogen and oxygen atoms in total. The van der Waals surface area contributed by atoms with E-state index in [0.717, 1.165) is 5.56 Å². The summed E-state index contributed by atoms with van der Waals surface area (Å²) >= 11 is 1.30. The molecule has 3 aromatic rings. The number of aromatic carboxylic acids is 1. The minimum absolute atomic E-state index is 0.0222.